The Bertz CT molecular complexity index is 197. The van der Waals surface area contributed by atoms with Gasteiger partial charge in [0, 0.05) is 32.8 Å². The molecule has 0 spiro atoms. The molecule has 2 fully saturated rings. The van der Waals surface area contributed by atoms with Gasteiger partial charge in [-0.1, -0.05) is 0 Å². The van der Waals surface area contributed by atoms with Gasteiger partial charge in [0.05, 0.1) is 6.10 Å². The molecule has 3 unspecified atom stereocenters. The van der Waals surface area contributed by atoms with E-state index in [0.29, 0.717) is 12.1 Å². The first-order chi connectivity index (χ1) is 7.35. The van der Waals surface area contributed by atoms with Crippen molar-refractivity contribution >= 4 is 11.8 Å². The number of likely N-dealkylation sites (tertiary alicyclic amines) is 1. The minimum atomic E-state index is 0.438. The molecule has 0 bridgehead atoms. The summed E-state index contributed by atoms with van der Waals surface area (Å²) >= 11 is 2.08. The summed E-state index contributed by atoms with van der Waals surface area (Å²) in [5, 5.41) is 0. The molecule has 3 atom stereocenters. The second-order valence-corrected chi connectivity index (χ2v) is 5.72. The third-order valence-corrected chi connectivity index (χ3v) is 4.92. The summed E-state index contributed by atoms with van der Waals surface area (Å²) in [7, 11) is 1.82. The van der Waals surface area contributed by atoms with Crippen molar-refractivity contribution in [2.45, 2.75) is 25.0 Å². The highest BCUT2D eigenvalue weighted by atomic mass is 32.2. The Labute approximate surface area is 96.7 Å². The van der Waals surface area contributed by atoms with Gasteiger partial charge in [-0.05, 0) is 30.3 Å². The molecule has 0 aromatic rings. The second kappa shape index (κ2) is 5.53. The van der Waals surface area contributed by atoms with E-state index in [1.54, 1.807) is 0 Å². The van der Waals surface area contributed by atoms with Gasteiger partial charge in [0.15, 0.2) is 0 Å². The van der Waals surface area contributed by atoms with E-state index in [2.05, 4.69) is 16.7 Å². The molecule has 3 nitrogen and oxygen atoms in total. The Hall–Kier alpha value is 0.230. The van der Waals surface area contributed by atoms with E-state index in [9.17, 15) is 0 Å². The van der Waals surface area contributed by atoms with Crippen molar-refractivity contribution in [3.63, 3.8) is 0 Å². The maximum absolute atomic E-state index is 5.93. The molecule has 88 valence electrons. The Kier molecular flexibility index (Phi) is 4.31. The maximum Gasteiger partial charge on any atom is 0.0710 e. The van der Waals surface area contributed by atoms with E-state index >= 15 is 0 Å². The van der Waals surface area contributed by atoms with Crippen LogP contribution in [0.25, 0.3) is 0 Å². The summed E-state index contributed by atoms with van der Waals surface area (Å²) in [6.45, 7) is 3.06. The fraction of sp³-hybridized carbons (Fsp3) is 1.00. The van der Waals surface area contributed by atoms with Crippen LogP contribution in [-0.2, 0) is 4.74 Å². The van der Waals surface area contributed by atoms with E-state index in [4.69, 9.17) is 10.5 Å². The van der Waals surface area contributed by atoms with E-state index in [1.807, 2.05) is 7.11 Å². The lowest BCUT2D eigenvalue weighted by molar-refractivity contribution is 0.0949. The van der Waals surface area contributed by atoms with Gasteiger partial charge < -0.3 is 10.5 Å². The molecule has 0 saturated carbocycles. The van der Waals surface area contributed by atoms with Gasteiger partial charge in [0.25, 0.3) is 0 Å². The molecule has 2 saturated heterocycles. The first kappa shape index (κ1) is 11.7. The molecule has 4 heteroatoms. The molecule has 2 N–H and O–H groups in total. The van der Waals surface area contributed by atoms with E-state index in [-0.39, 0.29) is 0 Å². The molecule has 2 heterocycles. The third kappa shape index (κ3) is 2.67. The Morgan fingerprint density at radius 2 is 2.40 bits per heavy atom. The number of methoxy groups -OCH3 is 1. The molecule has 0 aromatic carbocycles. The quantitative estimate of drug-likeness (QED) is 0.775. The van der Waals surface area contributed by atoms with Crippen molar-refractivity contribution in [2.24, 2.45) is 11.7 Å². The molecular formula is C11H22N2OS. The van der Waals surface area contributed by atoms with Crippen molar-refractivity contribution in [3.8, 4) is 0 Å². The topological polar surface area (TPSA) is 38.5 Å². The summed E-state index contributed by atoms with van der Waals surface area (Å²) in [6, 6.07) is 0.597. The lowest BCUT2D eigenvalue weighted by Crippen LogP contribution is -2.45. The Morgan fingerprint density at radius 1 is 1.53 bits per heavy atom. The zero-order chi connectivity index (χ0) is 10.7. The van der Waals surface area contributed by atoms with Gasteiger partial charge in [0.2, 0.25) is 0 Å². The molecule has 2 aliphatic rings. The summed E-state index contributed by atoms with van der Waals surface area (Å²) in [4.78, 5) is 2.55. The standard InChI is InChI=1S/C11H22N2OS/c1-14-10-2-4-13(7-10)11(6-12)9-3-5-15-8-9/h9-11H,2-8,12H2,1H3. The molecule has 0 amide bonds. The van der Waals surface area contributed by atoms with Crippen LogP contribution in [0.4, 0.5) is 0 Å². The Balaban J connectivity index is 1.89. The minimum absolute atomic E-state index is 0.438. The average Bonchev–Trinajstić information content (AvgIpc) is 2.89. The predicted molar refractivity (Wildman–Crippen MR) is 65.3 cm³/mol. The van der Waals surface area contributed by atoms with E-state index in [0.717, 1.165) is 19.0 Å². The van der Waals surface area contributed by atoms with Gasteiger partial charge in [-0.15, -0.1) is 0 Å². The third-order valence-electron chi connectivity index (χ3n) is 3.73. The van der Waals surface area contributed by atoms with Crippen LogP contribution in [0, 0.1) is 5.92 Å². The number of hydrogen-bond acceptors (Lipinski definition) is 4. The van der Waals surface area contributed by atoms with Crippen molar-refractivity contribution < 1.29 is 4.74 Å². The zero-order valence-corrected chi connectivity index (χ0v) is 10.3. The fourth-order valence-corrected chi connectivity index (χ4v) is 4.07. The summed E-state index contributed by atoms with van der Waals surface area (Å²) in [6.07, 6.45) is 2.96. The number of thioether (sulfide) groups is 1. The highest BCUT2D eigenvalue weighted by Crippen LogP contribution is 2.30. The van der Waals surface area contributed by atoms with Crippen LogP contribution in [0.1, 0.15) is 12.8 Å². The number of rotatable bonds is 4. The number of ether oxygens (including phenoxy) is 1. The molecule has 2 rings (SSSR count). The fourth-order valence-electron chi connectivity index (χ4n) is 2.74. The van der Waals surface area contributed by atoms with Gasteiger partial charge in [-0.2, -0.15) is 11.8 Å². The molecular weight excluding hydrogens is 208 g/mol. The van der Waals surface area contributed by atoms with Crippen LogP contribution in [-0.4, -0.2) is 55.3 Å². The SMILES string of the molecule is COC1CCN(C(CN)C2CCSC2)C1. The lowest BCUT2D eigenvalue weighted by atomic mass is 9.98. The van der Waals surface area contributed by atoms with Crippen LogP contribution in [0.3, 0.4) is 0 Å². The number of nitrogens with zero attached hydrogens (tertiary/aromatic N) is 1. The monoisotopic (exact) mass is 230 g/mol. The van der Waals surface area contributed by atoms with Gasteiger partial charge in [-0.25, -0.2) is 0 Å². The smallest absolute Gasteiger partial charge is 0.0710 e. The first-order valence-electron chi connectivity index (χ1n) is 5.89. The van der Waals surface area contributed by atoms with Crippen LogP contribution in [0.2, 0.25) is 0 Å². The summed E-state index contributed by atoms with van der Waals surface area (Å²) < 4.78 is 5.41. The number of hydrogen-bond donors (Lipinski definition) is 1. The summed E-state index contributed by atoms with van der Waals surface area (Å²) in [5.41, 5.74) is 5.93. The van der Waals surface area contributed by atoms with Crippen LogP contribution in [0.5, 0.6) is 0 Å². The van der Waals surface area contributed by atoms with Crippen molar-refractivity contribution in [3.05, 3.63) is 0 Å². The van der Waals surface area contributed by atoms with Gasteiger partial charge in [0.1, 0.15) is 0 Å². The van der Waals surface area contributed by atoms with Crippen molar-refractivity contribution in [1.82, 2.24) is 4.90 Å². The zero-order valence-electron chi connectivity index (χ0n) is 9.52. The normalized spacial score (nSPS) is 34.8. The lowest BCUT2D eigenvalue weighted by Gasteiger charge is -2.31. The van der Waals surface area contributed by atoms with E-state index < -0.39 is 0 Å². The molecule has 0 aliphatic carbocycles. The average molecular weight is 230 g/mol. The largest absolute Gasteiger partial charge is 0.380 e. The molecule has 2 aliphatic heterocycles. The minimum Gasteiger partial charge on any atom is -0.380 e. The predicted octanol–water partition coefficient (Wildman–Crippen LogP) is 0.787. The van der Waals surface area contributed by atoms with Crippen LogP contribution < -0.4 is 5.73 Å². The molecule has 0 radical (unpaired) electrons. The highest BCUT2D eigenvalue weighted by molar-refractivity contribution is 7.99. The van der Waals surface area contributed by atoms with Crippen molar-refractivity contribution in [2.75, 3.05) is 38.2 Å². The van der Waals surface area contributed by atoms with Gasteiger partial charge in [-0.3, -0.25) is 4.90 Å². The first-order valence-corrected chi connectivity index (χ1v) is 7.05. The molecule has 15 heavy (non-hydrogen) atoms. The number of nitrogens with two attached hydrogens (primary N) is 1. The van der Waals surface area contributed by atoms with Crippen LogP contribution in [0.15, 0.2) is 0 Å². The van der Waals surface area contributed by atoms with Gasteiger partial charge >= 0.3 is 0 Å². The summed E-state index contributed by atoms with van der Waals surface area (Å²) in [5.74, 6) is 3.44. The second-order valence-electron chi connectivity index (χ2n) is 4.57. The highest BCUT2D eigenvalue weighted by Gasteiger charge is 2.33. The van der Waals surface area contributed by atoms with E-state index in [1.165, 1.54) is 30.9 Å². The Morgan fingerprint density at radius 3 is 2.93 bits per heavy atom. The van der Waals surface area contributed by atoms with Crippen molar-refractivity contribution in [1.29, 1.82) is 0 Å². The molecule has 0 aromatic heterocycles. The van der Waals surface area contributed by atoms with Crippen LogP contribution >= 0.6 is 11.8 Å². The maximum atomic E-state index is 5.93.